The van der Waals surface area contributed by atoms with Crippen LogP contribution in [0.1, 0.15) is 25.7 Å². The third kappa shape index (κ3) is 4.67. The SMILES string of the molecule is O=C(CC1CS(=O)(=O)CCN1)NCC1CCCC1C(=O)O. The topological polar surface area (TPSA) is 113 Å². The van der Waals surface area contributed by atoms with Gasteiger partial charge in [-0.2, -0.15) is 0 Å². The lowest BCUT2D eigenvalue weighted by atomic mass is 9.96. The quantitative estimate of drug-likeness (QED) is 0.623. The fourth-order valence-corrected chi connectivity index (χ4v) is 4.59. The molecule has 3 unspecified atom stereocenters. The van der Waals surface area contributed by atoms with Crippen LogP contribution in [0, 0.1) is 11.8 Å². The van der Waals surface area contributed by atoms with Crippen LogP contribution in [0.5, 0.6) is 0 Å². The Morgan fingerprint density at radius 1 is 1.29 bits per heavy atom. The molecule has 0 aromatic heterocycles. The molecule has 2 rings (SSSR count). The third-order valence-electron chi connectivity index (χ3n) is 4.27. The van der Waals surface area contributed by atoms with E-state index in [0.717, 1.165) is 12.8 Å². The Morgan fingerprint density at radius 2 is 2.05 bits per heavy atom. The van der Waals surface area contributed by atoms with Crippen molar-refractivity contribution in [3.63, 3.8) is 0 Å². The normalized spacial score (nSPS) is 31.7. The molecule has 0 aromatic carbocycles. The van der Waals surface area contributed by atoms with E-state index in [1.54, 1.807) is 0 Å². The Bertz CT molecular complexity index is 505. The lowest BCUT2D eigenvalue weighted by Gasteiger charge is -2.23. The minimum Gasteiger partial charge on any atom is -0.481 e. The summed E-state index contributed by atoms with van der Waals surface area (Å²) in [5, 5.41) is 14.9. The highest BCUT2D eigenvalue weighted by Gasteiger charge is 2.33. The van der Waals surface area contributed by atoms with Gasteiger partial charge in [-0.3, -0.25) is 9.59 Å². The Balaban J connectivity index is 1.76. The second kappa shape index (κ2) is 6.74. The van der Waals surface area contributed by atoms with Gasteiger partial charge in [-0.15, -0.1) is 0 Å². The van der Waals surface area contributed by atoms with Crippen molar-refractivity contribution in [1.29, 1.82) is 0 Å². The highest BCUT2D eigenvalue weighted by atomic mass is 32.2. The van der Waals surface area contributed by atoms with E-state index in [9.17, 15) is 18.0 Å². The van der Waals surface area contributed by atoms with Gasteiger partial charge in [-0.05, 0) is 18.8 Å². The van der Waals surface area contributed by atoms with Crippen molar-refractivity contribution in [2.75, 3.05) is 24.6 Å². The van der Waals surface area contributed by atoms with Crippen LogP contribution < -0.4 is 10.6 Å². The van der Waals surface area contributed by atoms with Crippen LogP contribution in [-0.4, -0.2) is 56.0 Å². The van der Waals surface area contributed by atoms with Gasteiger partial charge < -0.3 is 15.7 Å². The number of nitrogens with one attached hydrogen (secondary N) is 2. The Labute approximate surface area is 124 Å². The van der Waals surface area contributed by atoms with Crippen molar-refractivity contribution in [3.8, 4) is 0 Å². The second-order valence-corrected chi connectivity index (χ2v) is 8.14. The molecule has 0 aromatic rings. The predicted molar refractivity (Wildman–Crippen MR) is 76.5 cm³/mol. The van der Waals surface area contributed by atoms with E-state index in [-0.39, 0.29) is 41.7 Å². The lowest BCUT2D eigenvalue weighted by Crippen LogP contribution is -2.47. The van der Waals surface area contributed by atoms with Crippen molar-refractivity contribution >= 4 is 21.7 Å². The number of carboxylic acids is 1. The molecule has 0 radical (unpaired) electrons. The molecule has 3 N–H and O–H groups in total. The van der Waals surface area contributed by atoms with Crippen molar-refractivity contribution in [2.24, 2.45) is 11.8 Å². The van der Waals surface area contributed by atoms with Gasteiger partial charge in [-0.1, -0.05) is 6.42 Å². The van der Waals surface area contributed by atoms with E-state index in [1.165, 1.54) is 0 Å². The molecule has 1 saturated carbocycles. The van der Waals surface area contributed by atoms with Gasteiger partial charge in [0.05, 0.1) is 17.4 Å². The molecule has 1 aliphatic heterocycles. The molecule has 1 saturated heterocycles. The fraction of sp³-hybridized carbons (Fsp3) is 0.846. The smallest absolute Gasteiger partial charge is 0.306 e. The number of carboxylic acid groups (broad SMARTS) is 1. The first-order chi connectivity index (χ1) is 9.87. The third-order valence-corrected chi connectivity index (χ3v) is 6.01. The average Bonchev–Trinajstić information content (AvgIpc) is 2.83. The number of hydrogen-bond donors (Lipinski definition) is 3. The zero-order valence-electron chi connectivity index (χ0n) is 11.9. The van der Waals surface area contributed by atoms with E-state index in [2.05, 4.69) is 10.6 Å². The van der Waals surface area contributed by atoms with Crippen molar-refractivity contribution in [2.45, 2.75) is 31.7 Å². The predicted octanol–water partition coefficient (Wildman–Crippen LogP) is -0.620. The molecule has 21 heavy (non-hydrogen) atoms. The van der Waals surface area contributed by atoms with E-state index in [0.29, 0.717) is 19.5 Å². The van der Waals surface area contributed by atoms with Gasteiger partial charge in [0, 0.05) is 25.6 Å². The molecule has 7 nitrogen and oxygen atoms in total. The van der Waals surface area contributed by atoms with Gasteiger partial charge >= 0.3 is 5.97 Å². The van der Waals surface area contributed by atoms with E-state index in [4.69, 9.17) is 5.11 Å². The number of aliphatic carboxylic acids is 1. The van der Waals surface area contributed by atoms with Crippen LogP contribution in [0.4, 0.5) is 0 Å². The summed E-state index contributed by atoms with van der Waals surface area (Å²) in [6.07, 6.45) is 2.47. The van der Waals surface area contributed by atoms with E-state index in [1.807, 2.05) is 0 Å². The number of carbonyl (C=O) groups is 2. The summed E-state index contributed by atoms with van der Waals surface area (Å²) >= 11 is 0. The first kappa shape index (κ1) is 16.2. The van der Waals surface area contributed by atoms with Gasteiger partial charge in [0.1, 0.15) is 0 Å². The molecule has 1 amide bonds. The first-order valence-corrected chi connectivity index (χ1v) is 9.13. The summed E-state index contributed by atoms with van der Waals surface area (Å²) in [6, 6.07) is -0.345. The minimum absolute atomic E-state index is 0.0123. The zero-order valence-corrected chi connectivity index (χ0v) is 12.7. The molecule has 120 valence electrons. The largest absolute Gasteiger partial charge is 0.481 e. The molecular formula is C13H22N2O5S. The summed E-state index contributed by atoms with van der Waals surface area (Å²) in [6.45, 7) is 0.735. The number of carbonyl (C=O) groups excluding carboxylic acids is 1. The Morgan fingerprint density at radius 3 is 2.71 bits per heavy atom. The van der Waals surface area contributed by atoms with E-state index < -0.39 is 15.8 Å². The van der Waals surface area contributed by atoms with E-state index >= 15 is 0 Å². The average molecular weight is 318 g/mol. The summed E-state index contributed by atoms with van der Waals surface area (Å²) in [7, 11) is -3.05. The molecule has 0 spiro atoms. The summed E-state index contributed by atoms with van der Waals surface area (Å²) < 4.78 is 23.0. The molecule has 0 bridgehead atoms. The van der Waals surface area contributed by atoms with Gasteiger partial charge in [0.15, 0.2) is 9.84 Å². The Hall–Kier alpha value is -1.15. The molecule has 2 aliphatic rings. The van der Waals surface area contributed by atoms with Gasteiger partial charge in [-0.25, -0.2) is 8.42 Å². The van der Waals surface area contributed by atoms with Gasteiger partial charge in [0.2, 0.25) is 5.91 Å². The molecule has 2 fully saturated rings. The highest BCUT2D eigenvalue weighted by molar-refractivity contribution is 7.91. The van der Waals surface area contributed by atoms with Crippen molar-refractivity contribution in [1.82, 2.24) is 10.6 Å². The van der Waals surface area contributed by atoms with Gasteiger partial charge in [0.25, 0.3) is 0 Å². The van der Waals surface area contributed by atoms with Crippen LogP contribution in [0.25, 0.3) is 0 Å². The summed E-state index contributed by atoms with van der Waals surface area (Å²) in [5.74, 6) is -1.31. The van der Waals surface area contributed by atoms with Crippen LogP contribution in [0.3, 0.4) is 0 Å². The minimum atomic E-state index is -3.05. The maximum atomic E-state index is 11.9. The molecule has 1 aliphatic carbocycles. The second-order valence-electron chi connectivity index (χ2n) is 5.91. The summed E-state index contributed by atoms with van der Waals surface area (Å²) in [5.41, 5.74) is 0. The number of amides is 1. The molecule has 1 heterocycles. The number of rotatable bonds is 5. The molecule has 3 atom stereocenters. The number of hydrogen-bond acceptors (Lipinski definition) is 5. The standard InChI is InChI=1S/C13H22N2O5S/c16-12(6-10-8-21(19,20)5-4-14-10)15-7-9-2-1-3-11(9)13(17)18/h9-11,14H,1-8H2,(H,15,16)(H,17,18). The van der Waals surface area contributed by atoms with Crippen LogP contribution >= 0.6 is 0 Å². The van der Waals surface area contributed by atoms with Crippen molar-refractivity contribution < 1.29 is 23.1 Å². The highest BCUT2D eigenvalue weighted by Crippen LogP contribution is 2.31. The maximum absolute atomic E-state index is 11.9. The lowest BCUT2D eigenvalue weighted by molar-refractivity contribution is -0.143. The maximum Gasteiger partial charge on any atom is 0.306 e. The zero-order chi connectivity index (χ0) is 15.5. The van der Waals surface area contributed by atoms with Crippen molar-refractivity contribution in [3.05, 3.63) is 0 Å². The number of sulfone groups is 1. The molecular weight excluding hydrogens is 296 g/mol. The Kier molecular flexibility index (Phi) is 5.21. The van der Waals surface area contributed by atoms with Crippen LogP contribution in [0.15, 0.2) is 0 Å². The van der Waals surface area contributed by atoms with Crippen LogP contribution in [0.2, 0.25) is 0 Å². The monoisotopic (exact) mass is 318 g/mol. The summed E-state index contributed by atoms with van der Waals surface area (Å²) in [4.78, 5) is 22.9. The molecule has 8 heteroatoms. The van der Waals surface area contributed by atoms with Crippen LogP contribution in [-0.2, 0) is 19.4 Å². The fourth-order valence-electron chi connectivity index (χ4n) is 3.15. The first-order valence-electron chi connectivity index (χ1n) is 7.31.